The van der Waals surface area contributed by atoms with E-state index in [0.717, 1.165) is 11.4 Å². The predicted octanol–water partition coefficient (Wildman–Crippen LogP) is 3.24. The number of rotatable bonds is 5. The van der Waals surface area contributed by atoms with Crippen LogP contribution in [0.5, 0.6) is 5.75 Å². The smallest absolute Gasteiger partial charge is 0.120 e. The van der Waals surface area contributed by atoms with Gasteiger partial charge in [0.1, 0.15) is 5.75 Å². The van der Waals surface area contributed by atoms with E-state index in [1.165, 1.54) is 24.0 Å². The van der Waals surface area contributed by atoms with Crippen LogP contribution in [0.4, 0.5) is 0 Å². The summed E-state index contributed by atoms with van der Waals surface area (Å²) >= 11 is 0. The monoisotopic (exact) mass is 268 g/mol. The highest BCUT2D eigenvalue weighted by atomic mass is 16.5. The fourth-order valence-corrected chi connectivity index (χ4v) is 2.41. The SMILES string of the molecule is CNC(c1cccc(OC2CC2)c1)c1ncccc1C. The Morgan fingerprint density at radius 2 is 2.10 bits per heavy atom. The molecule has 0 saturated heterocycles. The molecule has 1 aromatic heterocycles. The number of hydrogen-bond donors (Lipinski definition) is 1. The van der Waals surface area contributed by atoms with E-state index < -0.39 is 0 Å². The Labute approximate surface area is 120 Å². The zero-order valence-electron chi connectivity index (χ0n) is 12.0. The standard InChI is InChI=1S/C17H20N2O/c1-12-5-4-10-19-16(12)17(18-2)13-6-3-7-15(11-13)20-14-8-9-14/h3-7,10-11,14,17-18H,8-9H2,1-2H3. The maximum atomic E-state index is 5.88. The van der Waals surface area contributed by atoms with Gasteiger partial charge in [-0.3, -0.25) is 4.98 Å². The zero-order chi connectivity index (χ0) is 13.9. The molecule has 0 amide bonds. The molecule has 0 spiro atoms. The molecule has 1 aromatic carbocycles. The van der Waals surface area contributed by atoms with Crippen LogP contribution in [0.3, 0.4) is 0 Å². The Morgan fingerprint density at radius 3 is 2.80 bits per heavy atom. The van der Waals surface area contributed by atoms with E-state index in [4.69, 9.17) is 4.74 Å². The summed E-state index contributed by atoms with van der Waals surface area (Å²) in [5.74, 6) is 0.957. The normalized spacial score (nSPS) is 15.9. The summed E-state index contributed by atoms with van der Waals surface area (Å²) < 4.78 is 5.88. The van der Waals surface area contributed by atoms with Gasteiger partial charge in [0.25, 0.3) is 0 Å². The maximum absolute atomic E-state index is 5.88. The number of ether oxygens (including phenoxy) is 1. The number of pyridine rings is 1. The molecular formula is C17H20N2O. The Kier molecular flexibility index (Phi) is 3.70. The number of aromatic nitrogens is 1. The quantitative estimate of drug-likeness (QED) is 0.904. The molecule has 1 saturated carbocycles. The first-order valence-corrected chi connectivity index (χ1v) is 7.13. The van der Waals surface area contributed by atoms with Crippen LogP contribution < -0.4 is 10.1 Å². The molecule has 1 N–H and O–H groups in total. The minimum atomic E-state index is 0.0963. The Morgan fingerprint density at radius 1 is 1.25 bits per heavy atom. The molecule has 3 nitrogen and oxygen atoms in total. The van der Waals surface area contributed by atoms with Crippen LogP contribution in [0, 0.1) is 6.92 Å². The van der Waals surface area contributed by atoms with Crippen LogP contribution in [-0.2, 0) is 0 Å². The lowest BCUT2D eigenvalue weighted by Crippen LogP contribution is -2.20. The van der Waals surface area contributed by atoms with Gasteiger partial charge >= 0.3 is 0 Å². The van der Waals surface area contributed by atoms with E-state index in [1.807, 2.05) is 25.4 Å². The van der Waals surface area contributed by atoms with Gasteiger partial charge in [0.2, 0.25) is 0 Å². The van der Waals surface area contributed by atoms with Crippen LogP contribution in [0.15, 0.2) is 42.6 Å². The second-order valence-corrected chi connectivity index (χ2v) is 5.32. The van der Waals surface area contributed by atoms with E-state index in [9.17, 15) is 0 Å². The highest BCUT2D eigenvalue weighted by molar-refractivity contribution is 5.37. The van der Waals surface area contributed by atoms with Crippen molar-refractivity contribution in [2.24, 2.45) is 0 Å². The lowest BCUT2D eigenvalue weighted by molar-refractivity contribution is 0.302. The summed E-state index contributed by atoms with van der Waals surface area (Å²) in [6.45, 7) is 2.09. The molecule has 1 aliphatic carbocycles. The fourth-order valence-electron chi connectivity index (χ4n) is 2.41. The fraction of sp³-hybridized carbons (Fsp3) is 0.353. The van der Waals surface area contributed by atoms with Gasteiger partial charge in [0, 0.05) is 6.20 Å². The van der Waals surface area contributed by atoms with Crippen molar-refractivity contribution in [3.8, 4) is 5.75 Å². The molecular weight excluding hydrogens is 248 g/mol. The van der Waals surface area contributed by atoms with E-state index in [2.05, 4.69) is 41.5 Å². The maximum Gasteiger partial charge on any atom is 0.120 e. The van der Waals surface area contributed by atoms with Crippen molar-refractivity contribution in [2.75, 3.05) is 7.05 Å². The predicted molar refractivity (Wildman–Crippen MR) is 80.0 cm³/mol. The molecule has 1 aliphatic rings. The van der Waals surface area contributed by atoms with Gasteiger partial charge in [-0.2, -0.15) is 0 Å². The van der Waals surface area contributed by atoms with E-state index in [-0.39, 0.29) is 6.04 Å². The first-order valence-electron chi connectivity index (χ1n) is 7.13. The summed E-state index contributed by atoms with van der Waals surface area (Å²) in [6, 6.07) is 12.5. The van der Waals surface area contributed by atoms with E-state index in [1.54, 1.807) is 0 Å². The average Bonchev–Trinajstić information content (AvgIpc) is 3.26. The van der Waals surface area contributed by atoms with Gasteiger partial charge < -0.3 is 10.1 Å². The molecule has 1 heterocycles. The summed E-state index contributed by atoms with van der Waals surface area (Å²) in [7, 11) is 1.97. The van der Waals surface area contributed by atoms with Crippen molar-refractivity contribution in [3.63, 3.8) is 0 Å². The molecule has 0 bridgehead atoms. The Hall–Kier alpha value is -1.87. The molecule has 2 aromatic rings. The van der Waals surface area contributed by atoms with Crippen LogP contribution in [-0.4, -0.2) is 18.1 Å². The molecule has 3 rings (SSSR count). The molecule has 0 aliphatic heterocycles. The number of hydrogen-bond acceptors (Lipinski definition) is 3. The van der Waals surface area contributed by atoms with Crippen molar-refractivity contribution < 1.29 is 4.74 Å². The highest BCUT2D eigenvalue weighted by Crippen LogP contribution is 2.30. The van der Waals surface area contributed by atoms with Gasteiger partial charge in [-0.25, -0.2) is 0 Å². The molecule has 3 heteroatoms. The van der Waals surface area contributed by atoms with Crippen molar-refractivity contribution in [1.29, 1.82) is 0 Å². The van der Waals surface area contributed by atoms with Gasteiger partial charge in [-0.1, -0.05) is 18.2 Å². The average molecular weight is 268 g/mol. The topological polar surface area (TPSA) is 34.1 Å². The Balaban J connectivity index is 1.90. The first-order chi connectivity index (χ1) is 9.78. The lowest BCUT2D eigenvalue weighted by Gasteiger charge is -2.19. The van der Waals surface area contributed by atoms with Crippen molar-refractivity contribution in [1.82, 2.24) is 10.3 Å². The molecule has 104 valence electrons. The summed E-state index contributed by atoms with van der Waals surface area (Å²) in [5, 5.41) is 3.35. The van der Waals surface area contributed by atoms with Crippen LogP contribution in [0.25, 0.3) is 0 Å². The molecule has 20 heavy (non-hydrogen) atoms. The van der Waals surface area contributed by atoms with E-state index in [0.29, 0.717) is 6.10 Å². The van der Waals surface area contributed by atoms with Crippen molar-refractivity contribution in [2.45, 2.75) is 31.9 Å². The minimum absolute atomic E-state index is 0.0963. The lowest BCUT2D eigenvalue weighted by atomic mass is 10.00. The summed E-state index contributed by atoms with van der Waals surface area (Å²) in [4.78, 5) is 4.53. The molecule has 1 fully saturated rings. The third kappa shape index (κ3) is 2.83. The minimum Gasteiger partial charge on any atom is -0.490 e. The second-order valence-electron chi connectivity index (χ2n) is 5.32. The first kappa shape index (κ1) is 13.1. The second kappa shape index (κ2) is 5.63. The van der Waals surface area contributed by atoms with Crippen molar-refractivity contribution >= 4 is 0 Å². The van der Waals surface area contributed by atoms with Crippen molar-refractivity contribution in [3.05, 3.63) is 59.4 Å². The number of aryl methyl sites for hydroxylation is 1. The third-order valence-corrected chi connectivity index (χ3v) is 3.63. The van der Waals surface area contributed by atoms with Gasteiger partial charge in [-0.15, -0.1) is 0 Å². The van der Waals surface area contributed by atoms with Gasteiger partial charge in [0.15, 0.2) is 0 Å². The third-order valence-electron chi connectivity index (χ3n) is 3.63. The van der Waals surface area contributed by atoms with E-state index >= 15 is 0 Å². The Bertz CT molecular complexity index is 593. The van der Waals surface area contributed by atoms with Gasteiger partial charge in [-0.05, 0) is 56.1 Å². The largest absolute Gasteiger partial charge is 0.490 e. The molecule has 0 radical (unpaired) electrons. The summed E-state index contributed by atoms with van der Waals surface area (Å²) in [6.07, 6.45) is 4.63. The summed E-state index contributed by atoms with van der Waals surface area (Å²) in [5.41, 5.74) is 3.45. The van der Waals surface area contributed by atoms with Crippen LogP contribution in [0.2, 0.25) is 0 Å². The molecule has 1 atom stereocenters. The van der Waals surface area contributed by atoms with Gasteiger partial charge in [0.05, 0.1) is 17.8 Å². The molecule has 1 unspecified atom stereocenters. The number of nitrogens with one attached hydrogen (secondary N) is 1. The van der Waals surface area contributed by atoms with Crippen LogP contribution >= 0.6 is 0 Å². The number of nitrogens with zero attached hydrogens (tertiary/aromatic N) is 1. The number of benzene rings is 1. The zero-order valence-corrected chi connectivity index (χ0v) is 12.0. The van der Waals surface area contributed by atoms with Crippen LogP contribution in [0.1, 0.15) is 35.7 Å². The highest BCUT2D eigenvalue weighted by Gasteiger charge is 2.24.